The van der Waals surface area contributed by atoms with Crippen molar-refractivity contribution in [1.29, 1.82) is 0 Å². The van der Waals surface area contributed by atoms with Crippen LogP contribution in [0.2, 0.25) is 0 Å². The molecule has 0 radical (unpaired) electrons. The lowest BCUT2D eigenvalue weighted by atomic mass is 10.1. The van der Waals surface area contributed by atoms with Crippen molar-refractivity contribution >= 4 is 18.3 Å². The van der Waals surface area contributed by atoms with Crippen LogP contribution in [0.1, 0.15) is 25.3 Å². The van der Waals surface area contributed by atoms with Gasteiger partial charge in [-0.15, -0.1) is 12.4 Å². The van der Waals surface area contributed by atoms with Crippen LogP contribution in [0.3, 0.4) is 0 Å². The molecule has 10 heteroatoms. The smallest absolute Gasteiger partial charge is 0.346 e. The Labute approximate surface area is 148 Å². The lowest BCUT2D eigenvalue weighted by molar-refractivity contribution is -0.137. The Bertz CT molecular complexity index is 719. The van der Waals surface area contributed by atoms with Gasteiger partial charge in [0.15, 0.2) is 0 Å². The lowest BCUT2D eigenvalue weighted by Crippen LogP contribution is -2.43. The standard InChI is InChI=1S/C15H17F3N4O2.ClH/c1-8(2)12(19)14(23)20-7-11-21-13(22-24-11)9-4-3-5-10(6-9)15(16,17)18;/h3-6,8,12H,7,19H2,1-2H3,(H,20,23);1H/t12-;/m0./s1. The minimum atomic E-state index is -4.45. The number of hydrogen-bond donors (Lipinski definition) is 2. The second kappa shape index (κ2) is 8.30. The number of nitrogens with two attached hydrogens (primary N) is 1. The number of carbonyl (C=O) groups excluding carboxylic acids is 1. The molecule has 0 aliphatic carbocycles. The second-order valence-electron chi connectivity index (χ2n) is 5.58. The van der Waals surface area contributed by atoms with E-state index in [1.165, 1.54) is 12.1 Å². The molecule has 0 saturated heterocycles. The van der Waals surface area contributed by atoms with Crippen LogP contribution in [-0.4, -0.2) is 22.1 Å². The van der Waals surface area contributed by atoms with E-state index in [2.05, 4.69) is 15.5 Å². The van der Waals surface area contributed by atoms with Crippen molar-refractivity contribution in [2.24, 2.45) is 11.7 Å². The molecule has 0 bridgehead atoms. The van der Waals surface area contributed by atoms with Crippen molar-refractivity contribution in [1.82, 2.24) is 15.5 Å². The van der Waals surface area contributed by atoms with Crippen molar-refractivity contribution in [3.8, 4) is 11.4 Å². The summed E-state index contributed by atoms with van der Waals surface area (Å²) in [4.78, 5) is 15.7. The van der Waals surface area contributed by atoms with Crippen LogP contribution in [0.25, 0.3) is 11.4 Å². The third-order valence-corrected chi connectivity index (χ3v) is 3.35. The van der Waals surface area contributed by atoms with Crippen molar-refractivity contribution < 1.29 is 22.5 Å². The zero-order valence-corrected chi connectivity index (χ0v) is 14.3. The second-order valence-corrected chi connectivity index (χ2v) is 5.58. The lowest BCUT2D eigenvalue weighted by Gasteiger charge is -2.14. The molecule has 138 valence electrons. The molecule has 1 aromatic heterocycles. The molecule has 6 nitrogen and oxygen atoms in total. The van der Waals surface area contributed by atoms with Gasteiger partial charge >= 0.3 is 6.18 Å². The maximum absolute atomic E-state index is 12.7. The highest BCUT2D eigenvalue weighted by Gasteiger charge is 2.30. The van der Waals surface area contributed by atoms with E-state index in [1.807, 2.05) is 13.8 Å². The van der Waals surface area contributed by atoms with Gasteiger partial charge in [-0.2, -0.15) is 18.2 Å². The number of benzene rings is 1. The largest absolute Gasteiger partial charge is 0.416 e. The molecular weight excluding hydrogens is 361 g/mol. The van der Waals surface area contributed by atoms with E-state index in [0.717, 1.165) is 12.1 Å². The predicted octanol–water partition coefficient (Wildman–Crippen LogP) is 2.78. The molecule has 25 heavy (non-hydrogen) atoms. The number of hydrogen-bond acceptors (Lipinski definition) is 5. The van der Waals surface area contributed by atoms with Gasteiger partial charge < -0.3 is 15.6 Å². The molecule has 0 aliphatic heterocycles. The monoisotopic (exact) mass is 378 g/mol. The summed E-state index contributed by atoms with van der Waals surface area (Å²) in [7, 11) is 0. The maximum Gasteiger partial charge on any atom is 0.416 e. The van der Waals surface area contributed by atoms with Gasteiger partial charge in [0.1, 0.15) is 0 Å². The molecule has 0 unspecified atom stereocenters. The van der Waals surface area contributed by atoms with Crippen molar-refractivity contribution in [3.63, 3.8) is 0 Å². The summed E-state index contributed by atoms with van der Waals surface area (Å²) >= 11 is 0. The summed E-state index contributed by atoms with van der Waals surface area (Å²) in [6.45, 7) is 3.57. The average Bonchev–Trinajstić information content (AvgIpc) is 3.00. The fraction of sp³-hybridized carbons (Fsp3) is 0.400. The van der Waals surface area contributed by atoms with E-state index >= 15 is 0 Å². The molecule has 1 atom stereocenters. The Morgan fingerprint density at radius 3 is 2.64 bits per heavy atom. The molecule has 0 saturated carbocycles. The van der Waals surface area contributed by atoms with E-state index < -0.39 is 17.8 Å². The van der Waals surface area contributed by atoms with Crippen LogP contribution in [-0.2, 0) is 17.5 Å². The van der Waals surface area contributed by atoms with E-state index in [4.69, 9.17) is 10.3 Å². The molecule has 1 heterocycles. The molecule has 1 aromatic carbocycles. The fourth-order valence-electron chi connectivity index (χ4n) is 1.86. The Hall–Kier alpha value is -2.13. The molecule has 2 aromatic rings. The highest BCUT2D eigenvalue weighted by molar-refractivity contribution is 5.85. The van der Waals surface area contributed by atoms with Crippen molar-refractivity contribution in [3.05, 3.63) is 35.7 Å². The molecular formula is C15H18ClF3N4O2. The summed E-state index contributed by atoms with van der Waals surface area (Å²) < 4.78 is 43.1. The highest BCUT2D eigenvalue weighted by Crippen LogP contribution is 2.31. The zero-order chi connectivity index (χ0) is 17.9. The van der Waals surface area contributed by atoms with Crippen molar-refractivity contribution in [2.75, 3.05) is 0 Å². The van der Waals surface area contributed by atoms with Crippen LogP contribution < -0.4 is 11.1 Å². The van der Waals surface area contributed by atoms with E-state index in [9.17, 15) is 18.0 Å². The Kier molecular flexibility index (Phi) is 6.95. The number of carbonyl (C=O) groups is 1. The number of amides is 1. The number of halogens is 4. The Morgan fingerprint density at radius 2 is 2.04 bits per heavy atom. The summed E-state index contributed by atoms with van der Waals surface area (Å²) in [5.74, 6) is -0.317. The van der Waals surface area contributed by atoms with Gasteiger partial charge in [-0.3, -0.25) is 4.79 Å². The van der Waals surface area contributed by atoms with Gasteiger partial charge in [-0.05, 0) is 18.1 Å². The number of rotatable bonds is 5. The number of nitrogens with zero attached hydrogens (tertiary/aromatic N) is 2. The van der Waals surface area contributed by atoms with Crippen LogP contribution in [0.5, 0.6) is 0 Å². The number of aromatic nitrogens is 2. The first-order valence-electron chi connectivity index (χ1n) is 7.22. The molecule has 2 rings (SSSR count). The Morgan fingerprint density at radius 1 is 1.36 bits per heavy atom. The van der Waals surface area contributed by atoms with Gasteiger partial charge in [0.2, 0.25) is 17.6 Å². The summed E-state index contributed by atoms with van der Waals surface area (Å²) in [6.07, 6.45) is -4.45. The molecule has 3 N–H and O–H groups in total. The van der Waals surface area contributed by atoms with Gasteiger partial charge in [0, 0.05) is 5.56 Å². The van der Waals surface area contributed by atoms with Gasteiger partial charge in [0.25, 0.3) is 0 Å². The third kappa shape index (κ3) is 5.43. The molecule has 0 aliphatic rings. The van der Waals surface area contributed by atoms with Crippen LogP contribution in [0.4, 0.5) is 13.2 Å². The molecule has 0 fully saturated rings. The van der Waals surface area contributed by atoms with Gasteiger partial charge in [-0.1, -0.05) is 31.1 Å². The van der Waals surface area contributed by atoms with E-state index in [0.29, 0.717) is 0 Å². The average molecular weight is 379 g/mol. The fourth-order valence-corrected chi connectivity index (χ4v) is 1.86. The molecule has 0 spiro atoms. The normalized spacial score (nSPS) is 12.6. The van der Waals surface area contributed by atoms with Gasteiger partial charge in [0.05, 0.1) is 18.2 Å². The minimum Gasteiger partial charge on any atom is -0.346 e. The topological polar surface area (TPSA) is 94.0 Å². The van der Waals surface area contributed by atoms with E-state index in [-0.39, 0.29) is 48.1 Å². The van der Waals surface area contributed by atoms with Crippen LogP contribution >= 0.6 is 12.4 Å². The summed E-state index contributed by atoms with van der Waals surface area (Å²) in [5.41, 5.74) is 5.06. The SMILES string of the molecule is CC(C)[C@H](N)C(=O)NCc1nc(-c2cccc(C(F)(F)F)c2)no1.Cl. The van der Waals surface area contributed by atoms with Crippen LogP contribution in [0.15, 0.2) is 28.8 Å². The summed E-state index contributed by atoms with van der Waals surface area (Å²) in [5, 5.41) is 6.17. The summed E-state index contributed by atoms with van der Waals surface area (Å²) in [6, 6.07) is 3.92. The molecule has 1 amide bonds. The first-order chi connectivity index (χ1) is 11.2. The first kappa shape index (κ1) is 20.9. The van der Waals surface area contributed by atoms with E-state index in [1.54, 1.807) is 0 Å². The maximum atomic E-state index is 12.7. The third-order valence-electron chi connectivity index (χ3n) is 3.35. The number of nitrogens with one attached hydrogen (secondary N) is 1. The van der Waals surface area contributed by atoms with Gasteiger partial charge in [-0.25, -0.2) is 0 Å². The van der Waals surface area contributed by atoms with Crippen molar-refractivity contribution in [2.45, 2.75) is 32.6 Å². The van der Waals surface area contributed by atoms with Crippen LogP contribution in [0, 0.1) is 5.92 Å². The number of alkyl halides is 3. The Balaban J connectivity index is 0.00000312. The quantitative estimate of drug-likeness (QED) is 0.834. The minimum absolute atomic E-state index is 0. The zero-order valence-electron chi connectivity index (χ0n) is 13.5. The highest BCUT2D eigenvalue weighted by atomic mass is 35.5. The predicted molar refractivity (Wildman–Crippen MR) is 86.6 cm³/mol. The first-order valence-corrected chi connectivity index (χ1v) is 7.22.